The number of thioether (sulfide) groups is 1. The molecule has 26 heavy (non-hydrogen) atoms. The number of benzene rings is 1. The predicted octanol–water partition coefficient (Wildman–Crippen LogP) is 5.03. The molecule has 3 rings (SSSR count). The Balaban J connectivity index is 1.48. The summed E-state index contributed by atoms with van der Waals surface area (Å²) in [5.41, 5.74) is 2.92. The minimum absolute atomic E-state index is 0.114. The Morgan fingerprint density at radius 3 is 2.58 bits per heavy atom. The number of aliphatic imine (C=N–C) groups is 1. The number of amides is 2. The van der Waals surface area contributed by atoms with E-state index in [9.17, 15) is 9.59 Å². The first-order chi connectivity index (χ1) is 12.5. The highest BCUT2D eigenvalue weighted by molar-refractivity contribution is 8.15. The lowest BCUT2D eigenvalue weighted by Gasteiger charge is -2.21. The minimum atomic E-state index is -0.360. The lowest BCUT2D eigenvalue weighted by Crippen LogP contribution is -2.22. The van der Waals surface area contributed by atoms with E-state index in [-0.39, 0.29) is 23.5 Å². The Kier molecular flexibility index (Phi) is 6.52. The second kappa shape index (κ2) is 8.85. The fourth-order valence-electron chi connectivity index (χ4n) is 3.85. The van der Waals surface area contributed by atoms with Gasteiger partial charge in [0.05, 0.1) is 5.04 Å². The summed E-state index contributed by atoms with van der Waals surface area (Å²) < 4.78 is 0. The summed E-state index contributed by atoms with van der Waals surface area (Å²) >= 11 is 1.49. The Morgan fingerprint density at radius 1 is 1.19 bits per heavy atom. The average molecular weight is 373 g/mol. The molecular formula is C21H28N2O2S. The molecule has 2 aliphatic rings. The maximum atomic E-state index is 12.4. The van der Waals surface area contributed by atoms with Crippen LogP contribution in [0.25, 0.3) is 0 Å². The molecule has 140 valence electrons. The quantitative estimate of drug-likeness (QED) is 0.761. The zero-order valence-corrected chi connectivity index (χ0v) is 16.5. The van der Waals surface area contributed by atoms with E-state index < -0.39 is 0 Å². The van der Waals surface area contributed by atoms with Crippen molar-refractivity contribution < 1.29 is 9.59 Å². The molecule has 0 spiro atoms. The molecule has 1 aromatic rings. The Labute approximate surface area is 160 Å². The summed E-state index contributed by atoms with van der Waals surface area (Å²) in [4.78, 5) is 28.8. The van der Waals surface area contributed by atoms with Crippen LogP contribution in [0.3, 0.4) is 0 Å². The fraction of sp³-hybridized carbons (Fsp3) is 0.571. The summed E-state index contributed by atoms with van der Waals surface area (Å²) in [6.07, 6.45) is 8.86. The van der Waals surface area contributed by atoms with Gasteiger partial charge in [0.15, 0.2) is 0 Å². The van der Waals surface area contributed by atoms with Crippen LogP contribution in [0.1, 0.15) is 62.5 Å². The maximum Gasteiger partial charge on any atom is 0.260 e. The molecule has 1 saturated carbocycles. The van der Waals surface area contributed by atoms with E-state index in [2.05, 4.69) is 10.3 Å². The van der Waals surface area contributed by atoms with Gasteiger partial charge in [-0.25, -0.2) is 4.99 Å². The van der Waals surface area contributed by atoms with Crippen molar-refractivity contribution in [1.29, 1.82) is 0 Å². The van der Waals surface area contributed by atoms with Crippen LogP contribution in [0, 0.1) is 19.8 Å². The lowest BCUT2D eigenvalue weighted by molar-refractivity contribution is -0.121. The summed E-state index contributed by atoms with van der Waals surface area (Å²) in [6.45, 7) is 3.95. The van der Waals surface area contributed by atoms with E-state index in [1.807, 2.05) is 32.0 Å². The monoisotopic (exact) mass is 372 g/mol. The highest BCUT2D eigenvalue weighted by atomic mass is 32.2. The first-order valence-electron chi connectivity index (χ1n) is 9.67. The number of aryl methyl sites for hydroxylation is 2. The van der Waals surface area contributed by atoms with Crippen molar-refractivity contribution in [2.45, 2.75) is 70.5 Å². The molecule has 5 heteroatoms. The molecular weight excluding hydrogens is 344 g/mol. The molecule has 0 bridgehead atoms. The molecule has 2 amide bonds. The predicted molar refractivity (Wildman–Crippen MR) is 109 cm³/mol. The second-order valence-corrected chi connectivity index (χ2v) is 8.79. The van der Waals surface area contributed by atoms with Gasteiger partial charge in [0.1, 0.15) is 5.25 Å². The standard InChI is InChI=1S/C21H28N2O2S/c1-14-7-6-8-15(2)20(14)22-18(24)13-17-21(25)23-19(26-17)12-11-16-9-4-3-5-10-16/h6-8,16-17H,3-5,9-13H2,1-2H3,(H,22,24). The molecule has 1 heterocycles. The van der Waals surface area contributed by atoms with E-state index in [1.165, 1.54) is 43.9 Å². The SMILES string of the molecule is Cc1cccc(C)c1NC(=O)CC1SC(CCC2CCCCC2)=NC1=O. The van der Waals surface area contributed by atoms with Gasteiger partial charge in [-0.1, -0.05) is 62.1 Å². The van der Waals surface area contributed by atoms with Crippen LogP contribution in [0.15, 0.2) is 23.2 Å². The highest BCUT2D eigenvalue weighted by Crippen LogP contribution is 2.32. The van der Waals surface area contributed by atoms with Crippen LogP contribution in [-0.2, 0) is 9.59 Å². The van der Waals surface area contributed by atoms with Gasteiger partial charge in [-0.15, -0.1) is 0 Å². The zero-order chi connectivity index (χ0) is 18.5. The number of hydrogen-bond donors (Lipinski definition) is 1. The Hall–Kier alpha value is -1.62. The van der Waals surface area contributed by atoms with Crippen molar-refractivity contribution in [1.82, 2.24) is 0 Å². The minimum Gasteiger partial charge on any atom is -0.326 e. The summed E-state index contributed by atoms with van der Waals surface area (Å²) in [5.74, 6) is 0.524. The van der Waals surface area contributed by atoms with Gasteiger partial charge in [-0.2, -0.15) is 0 Å². The van der Waals surface area contributed by atoms with Gasteiger partial charge >= 0.3 is 0 Å². The second-order valence-electron chi connectivity index (χ2n) is 7.51. The number of para-hydroxylation sites is 1. The summed E-state index contributed by atoms with van der Waals surface area (Å²) in [5, 5.41) is 3.53. The number of carbonyl (C=O) groups excluding carboxylic acids is 2. The van der Waals surface area contributed by atoms with E-state index in [0.29, 0.717) is 0 Å². The number of carbonyl (C=O) groups is 2. The van der Waals surface area contributed by atoms with E-state index in [0.717, 1.165) is 40.6 Å². The third kappa shape index (κ3) is 4.97. The first kappa shape index (κ1) is 19.2. The molecule has 1 unspecified atom stereocenters. The maximum absolute atomic E-state index is 12.4. The molecule has 0 radical (unpaired) electrons. The van der Waals surface area contributed by atoms with Crippen LogP contribution in [0.2, 0.25) is 0 Å². The normalized spacial score (nSPS) is 20.9. The molecule has 1 aliphatic heterocycles. The number of hydrogen-bond acceptors (Lipinski definition) is 3. The smallest absolute Gasteiger partial charge is 0.260 e. The van der Waals surface area contributed by atoms with Crippen LogP contribution < -0.4 is 5.32 Å². The molecule has 1 N–H and O–H groups in total. The van der Waals surface area contributed by atoms with Crippen LogP contribution in [-0.4, -0.2) is 22.1 Å². The van der Waals surface area contributed by atoms with Gasteiger partial charge in [0.2, 0.25) is 5.91 Å². The zero-order valence-electron chi connectivity index (χ0n) is 15.7. The molecule has 0 aromatic heterocycles. The first-order valence-corrected chi connectivity index (χ1v) is 10.5. The van der Waals surface area contributed by atoms with E-state index in [1.54, 1.807) is 0 Å². The van der Waals surface area contributed by atoms with Gasteiger partial charge in [-0.3, -0.25) is 9.59 Å². The number of nitrogens with one attached hydrogen (secondary N) is 1. The van der Waals surface area contributed by atoms with Crippen molar-refractivity contribution in [3.8, 4) is 0 Å². The van der Waals surface area contributed by atoms with Gasteiger partial charge in [0.25, 0.3) is 5.91 Å². The molecule has 4 nitrogen and oxygen atoms in total. The van der Waals surface area contributed by atoms with Crippen LogP contribution in [0.5, 0.6) is 0 Å². The van der Waals surface area contributed by atoms with Crippen molar-refractivity contribution >= 4 is 34.3 Å². The van der Waals surface area contributed by atoms with Gasteiger partial charge in [0, 0.05) is 12.1 Å². The molecule has 1 aliphatic carbocycles. The number of rotatable bonds is 6. The number of nitrogens with zero attached hydrogens (tertiary/aromatic N) is 1. The van der Waals surface area contributed by atoms with Crippen molar-refractivity contribution in [3.63, 3.8) is 0 Å². The third-order valence-electron chi connectivity index (χ3n) is 5.40. The molecule has 1 atom stereocenters. The lowest BCUT2D eigenvalue weighted by atomic mass is 9.86. The number of anilines is 1. The molecule has 0 saturated heterocycles. The van der Waals surface area contributed by atoms with Crippen molar-refractivity contribution in [2.75, 3.05) is 5.32 Å². The van der Waals surface area contributed by atoms with E-state index in [4.69, 9.17) is 0 Å². The van der Waals surface area contributed by atoms with Crippen LogP contribution >= 0.6 is 11.8 Å². The van der Waals surface area contributed by atoms with Gasteiger partial charge in [-0.05, 0) is 43.7 Å². The topological polar surface area (TPSA) is 58.5 Å². The Bertz CT molecular complexity index is 688. The largest absolute Gasteiger partial charge is 0.326 e. The molecule has 1 fully saturated rings. The average Bonchev–Trinajstić information content (AvgIpc) is 2.97. The third-order valence-corrected chi connectivity index (χ3v) is 6.62. The van der Waals surface area contributed by atoms with Crippen molar-refractivity contribution in [2.24, 2.45) is 10.9 Å². The molecule has 1 aromatic carbocycles. The van der Waals surface area contributed by atoms with E-state index >= 15 is 0 Å². The van der Waals surface area contributed by atoms with Crippen molar-refractivity contribution in [3.05, 3.63) is 29.3 Å². The highest BCUT2D eigenvalue weighted by Gasteiger charge is 2.30. The fourth-order valence-corrected chi connectivity index (χ4v) is 4.95. The van der Waals surface area contributed by atoms with Crippen LogP contribution in [0.4, 0.5) is 5.69 Å². The summed E-state index contributed by atoms with van der Waals surface area (Å²) in [7, 11) is 0. The Morgan fingerprint density at radius 2 is 1.88 bits per heavy atom. The van der Waals surface area contributed by atoms with Gasteiger partial charge < -0.3 is 5.32 Å². The summed E-state index contributed by atoms with van der Waals surface area (Å²) in [6, 6.07) is 5.93.